The smallest absolute Gasteiger partial charge is 0.407 e. The highest BCUT2D eigenvalue weighted by molar-refractivity contribution is 6.32. The zero-order valence-electron chi connectivity index (χ0n) is 7.24. The van der Waals surface area contributed by atoms with Gasteiger partial charge in [-0.3, -0.25) is 0 Å². The SMILES string of the molecule is CN(Cc1cnc(Cl)nc1Cl)C(=O)O. The molecule has 0 bridgehead atoms. The van der Waals surface area contributed by atoms with E-state index >= 15 is 0 Å². The number of hydrogen-bond donors (Lipinski definition) is 1. The van der Waals surface area contributed by atoms with Crippen molar-refractivity contribution in [3.05, 3.63) is 22.2 Å². The average molecular weight is 236 g/mol. The summed E-state index contributed by atoms with van der Waals surface area (Å²) in [5.41, 5.74) is 0.515. The highest BCUT2D eigenvalue weighted by Gasteiger charge is 2.10. The summed E-state index contributed by atoms with van der Waals surface area (Å²) in [6.07, 6.45) is 0.355. The minimum Gasteiger partial charge on any atom is -0.465 e. The number of amides is 1. The number of hydrogen-bond acceptors (Lipinski definition) is 3. The molecule has 76 valence electrons. The van der Waals surface area contributed by atoms with E-state index in [1.165, 1.54) is 13.2 Å². The van der Waals surface area contributed by atoms with E-state index in [0.29, 0.717) is 5.56 Å². The molecule has 5 nitrogen and oxygen atoms in total. The fourth-order valence-electron chi connectivity index (χ4n) is 0.795. The molecule has 0 radical (unpaired) electrons. The molecular weight excluding hydrogens is 229 g/mol. The fourth-order valence-corrected chi connectivity index (χ4v) is 1.16. The van der Waals surface area contributed by atoms with Gasteiger partial charge in [0.05, 0.1) is 6.54 Å². The van der Waals surface area contributed by atoms with Crippen molar-refractivity contribution in [2.45, 2.75) is 6.54 Å². The molecule has 1 amide bonds. The molecule has 7 heteroatoms. The second-order valence-corrected chi connectivity index (χ2v) is 3.29. The van der Waals surface area contributed by atoms with E-state index in [0.717, 1.165) is 4.90 Å². The van der Waals surface area contributed by atoms with Gasteiger partial charge in [-0.1, -0.05) is 11.6 Å². The molecule has 0 saturated carbocycles. The van der Waals surface area contributed by atoms with Crippen LogP contribution in [-0.4, -0.2) is 33.1 Å². The van der Waals surface area contributed by atoms with Crippen molar-refractivity contribution < 1.29 is 9.90 Å². The third-order valence-corrected chi connectivity index (χ3v) is 2.03. The largest absolute Gasteiger partial charge is 0.465 e. The Hall–Kier alpha value is -1.07. The molecular formula is C7H7Cl2N3O2. The van der Waals surface area contributed by atoms with Crippen molar-refractivity contribution in [1.29, 1.82) is 0 Å². The van der Waals surface area contributed by atoms with E-state index in [9.17, 15) is 4.79 Å². The number of carbonyl (C=O) groups is 1. The van der Waals surface area contributed by atoms with Gasteiger partial charge in [0.2, 0.25) is 5.28 Å². The van der Waals surface area contributed by atoms with Crippen LogP contribution in [0.3, 0.4) is 0 Å². The minimum absolute atomic E-state index is 0.0386. The van der Waals surface area contributed by atoms with Crippen LogP contribution in [0.2, 0.25) is 10.4 Å². The third-order valence-electron chi connectivity index (χ3n) is 1.52. The Balaban J connectivity index is 2.82. The van der Waals surface area contributed by atoms with Crippen molar-refractivity contribution in [2.75, 3.05) is 7.05 Å². The van der Waals surface area contributed by atoms with Gasteiger partial charge < -0.3 is 10.0 Å². The molecule has 1 aromatic rings. The third kappa shape index (κ3) is 2.71. The molecule has 0 unspecified atom stereocenters. The maximum atomic E-state index is 10.5. The Morgan fingerprint density at radius 3 is 2.79 bits per heavy atom. The predicted octanol–water partition coefficient (Wildman–Crippen LogP) is 1.89. The van der Waals surface area contributed by atoms with E-state index in [1.54, 1.807) is 0 Å². The van der Waals surface area contributed by atoms with E-state index in [-0.39, 0.29) is 17.0 Å². The van der Waals surface area contributed by atoms with Gasteiger partial charge in [0.1, 0.15) is 5.15 Å². The Kier molecular flexibility index (Phi) is 3.49. The Morgan fingerprint density at radius 2 is 2.29 bits per heavy atom. The van der Waals surface area contributed by atoms with Gasteiger partial charge in [-0.2, -0.15) is 0 Å². The summed E-state index contributed by atoms with van der Waals surface area (Å²) in [5.74, 6) is 0. The molecule has 1 N–H and O–H groups in total. The van der Waals surface area contributed by atoms with Crippen LogP contribution < -0.4 is 0 Å². The molecule has 0 aromatic carbocycles. The predicted molar refractivity (Wildman–Crippen MR) is 51.5 cm³/mol. The zero-order chi connectivity index (χ0) is 10.7. The molecule has 1 aromatic heterocycles. The van der Waals surface area contributed by atoms with Crippen LogP contribution in [0.25, 0.3) is 0 Å². The lowest BCUT2D eigenvalue weighted by Gasteiger charge is -2.12. The minimum atomic E-state index is -1.05. The van der Waals surface area contributed by atoms with Gasteiger partial charge in [0, 0.05) is 18.8 Å². The second kappa shape index (κ2) is 4.43. The summed E-state index contributed by atoms with van der Waals surface area (Å²) in [6, 6.07) is 0. The van der Waals surface area contributed by atoms with Gasteiger partial charge in [-0.15, -0.1) is 0 Å². The summed E-state index contributed by atoms with van der Waals surface area (Å²) in [4.78, 5) is 19.0. The maximum absolute atomic E-state index is 10.5. The van der Waals surface area contributed by atoms with Crippen LogP contribution in [0.5, 0.6) is 0 Å². The standard InChI is InChI=1S/C7H7Cl2N3O2/c1-12(7(13)14)3-4-2-10-6(9)11-5(4)8/h2H,3H2,1H3,(H,13,14). The topological polar surface area (TPSA) is 66.3 Å². The van der Waals surface area contributed by atoms with Gasteiger partial charge in [0.25, 0.3) is 0 Å². The van der Waals surface area contributed by atoms with Crippen molar-refractivity contribution >= 4 is 29.3 Å². The first-order chi connectivity index (χ1) is 6.50. The van der Waals surface area contributed by atoms with E-state index in [4.69, 9.17) is 28.3 Å². The highest BCUT2D eigenvalue weighted by atomic mass is 35.5. The summed E-state index contributed by atoms with van der Waals surface area (Å²) >= 11 is 11.2. The zero-order valence-corrected chi connectivity index (χ0v) is 8.75. The van der Waals surface area contributed by atoms with Crippen LogP contribution in [-0.2, 0) is 6.54 Å². The molecule has 0 aliphatic rings. The van der Waals surface area contributed by atoms with Crippen molar-refractivity contribution in [3.8, 4) is 0 Å². The Labute approximate surface area is 90.3 Å². The van der Waals surface area contributed by atoms with Gasteiger partial charge >= 0.3 is 6.09 Å². The van der Waals surface area contributed by atoms with Gasteiger partial charge in [-0.05, 0) is 11.6 Å². The molecule has 0 atom stereocenters. The normalized spacial score (nSPS) is 9.93. The molecule has 0 spiro atoms. The van der Waals surface area contributed by atoms with Crippen LogP contribution in [0, 0.1) is 0 Å². The van der Waals surface area contributed by atoms with Crippen molar-refractivity contribution in [3.63, 3.8) is 0 Å². The first kappa shape index (κ1) is 11.0. The van der Waals surface area contributed by atoms with Crippen LogP contribution in [0.1, 0.15) is 5.56 Å². The van der Waals surface area contributed by atoms with Crippen LogP contribution >= 0.6 is 23.2 Å². The van der Waals surface area contributed by atoms with E-state index in [1.807, 2.05) is 0 Å². The van der Waals surface area contributed by atoms with Crippen LogP contribution in [0.4, 0.5) is 4.79 Å². The maximum Gasteiger partial charge on any atom is 0.407 e. The molecule has 14 heavy (non-hydrogen) atoms. The van der Waals surface area contributed by atoms with Crippen LogP contribution in [0.15, 0.2) is 6.20 Å². The number of aromatic nitrogens is 2. The monoisotopic (exact) mass is 235 g/mol. The molecule has 1 rings (SSSR count). The molecule has 0 aliphatic heterocycles. The molecule has 1 heterocycles. The number of halogens is 2. The highest BCUT2D eigenvalue weighted by Crippen LogP contribution is 2.15. The quantitative estimate of drug-likeness (QED) is 0.628. The lowest BCUT2D eigenvalue weighted by molar-refractivity contribution is 0.153. The Bertz CT molecular complexity index is 359. The lowest BCUT2D eigenvalue weighted by atomic mass is 10.3. The molecule has 0 aliphatic carbocycles. The number of carboxylic acid groups (broad SMARTS) is 1. The van der Waals surface area contributed by atoms with Gasteiger partial charge in [-0.25, -0.2) is 14.8 Å². The second-order valence-electron chi connectivity index (χ2n) is 2.59. The first-order valence-electron chi connectivity index (χ1n) is 3.61. The summed E-state index contributed by atoms with van der Waals surface area (Å²) < 4.78 is 0. The number of nitrogens with zero attached hydrogens (tertiary/aromatic N) is 3. The fraction of sp³-hybridized carbons (Fsp3) is 0.286. The van der Waals surface area contributed by atoms with Crippen molar-refractivity contribution in [1.82, 2.24) is 14.9 Å². The van der Waals surface area contributed by atoms with Crippen molar-refractivity contribution in [2.24, 2.45) is 0 Å². The Morgan fingerprint density at radius 1 is 1.64 bits per heavy atom. The molecule has 0 saturated heterocycles. The summed E-state index contributed by atoms with van der Waals surface area (Å²) in [7, 11) is 1.42. The first-order valence-corrected chi connectivity index (χ1v) is 4.37. The lowest BCUT2D eigenvalue weighted by Crippen LogP contribution is -2.24. The van der Waals surface area contributed by atoms with E-state index in [2.05, 4.69) is 9.97 Å². The van der Waals surface area contributed by atoms with E-state index < -0.39 is 6.09 Å². The summed E-state index contributed by atoms with van der Waals surface area (Å²) in [6.45, 7) is 0.130. The van der Waals surface area contributed by atoms with Gasteiger partial charge in [0.15, 0.2) is 0 Å². The number of rotatable bonds is 2. The average Bonchev–Trinajstić information content (AvgIpc) is 2.09. The molecule has 0 fully saturated rings. The summed E-state index contributed by atoms with van der Waals surface area (Å²) in [5, 5.41) is 8.81.